The molecule has 2 aliphatic rings. The first-order valence-electron chi connectivity index (χ1n) is 9.83. The fourth-order valence-electron chi connectivity index (χ4n) is 4.05. The number of hydrogen-bond acceptors (Lipinski definition) is 6. The fraction of sp³-hybridized carbons (Fsp3) is 0.684. The van der Waals surface area contributed by atoms with Crippen LogP contribution in [0, 0.1) is 0 Å². The molecule has 2 amide bonds. The quantitative estimate of drug-likeness (QED) is 0.787. The zero-order valence-electron chi connectivity index (χ0n) is 16.1. The van der Waals surface area contributed by atoms with E-state index in [0.717, 1.165) is 26.1 Å². The van der Waals surface area contributed by atoms with Gasteiger partial charge in [0, 0.05) is 57.3 Å². The monoisotopic (exact) mass is 375 g/mol. The van der Waals surface area contributed by atoms with Crippen LogP contribution in [0.5, 0.6) is 0 Å². The van der Waals surface area contributed by atoms with Gasteiger partial charge in [-0.15, -0.1) is 0 Å². The van der Waals surface area contributed by atoms with Crippen molar-refractivity contribution in [2.75, 3.05) is 32.8 Å². The number of likely N-dealkylation sites (N-methyl/N-ethyl adjacent to an activating group) is 1. The van der Waals surface area contributed by atoms with Gasteiger partial charge in [0.15, 0.2) is 0 Å². The topological polar surface area (TPSA) is 87.7 Å². The van der Waals surface area contributed by atoms with Crippen molar-refractivity contribution in [3.8, 4) is 0 Å². The fourth-order valence-corrected chi connectivity index (χ4v) is 4.05. The van der Waals surface area contributed by atoms with E-state index >= 15 is 0 Å². The molecule has 0 radical (unpaired) electrons. The third-order valence-corrected chi connectivity index (χ3v) is 5.49. The molecule has 2 fully saturated rings. The molecule has 2 aliphatic heterocycles. The van der Waals surface area contributed by atoms with E-state index in [2.05, 4.69) is 20.2 Å². The Hall–Kier alpha value is -2.06. The molecule has 0 bridgehead atoms. The molecule has 27 heavy (non-hydrogen) atoms. The molecule has 8 nitrogen and oxygen atoms in total. The lowest BCUT2D eigenvalue weighted by Gasteiger charge is -2.36. The summed E-state index contributed by atoms with van der Waals surface area (Å²) in [6, 6.07) is 0.0497. The predicted molar refractivity (Wildman–Crippen MR) is 100 cm³/mol. The molecule has 2 saturated heterocycles. The van der Waals surface area contributed by atoms with Crippen LogP contribution in [-0.2, 0) is 9.53 Å². The Labute approximate surface area is 160 Å². The van der Waals surface area contributed by atoms with Crippen LogP contribution >= 0.6 is 0 Å². The van der Waals surface area contributed by atoms with E-state index in [1.165, 1.54) is 18.6 Å². The molecule has 2 atom stereocenters. The summed E-state index contributed by atoms with van der Waals surface area (Å²) in [5.41, 5.74) is 0.300. The molecular formula is C19H29N5O3. The second-order valence-electron chi connectivity index (χ2n) is 7.06. The van der Waals surface area contributed by atoms with Crippen LogP contribution in [0.1, 0.15) is 43.6 Å². The maximum absolute atomic E-state index is 13.1. The normalized spacial score (nSPS) is 23.9. The number of hydrogen-bond donors (Lipinski definition) is 1. The summed E-state index contributed by atoms with van der Waals surface area (Å²) in [6.45, 7) is 7.53. The minimum Gasteiger partial charge on any atom is -0.381 e. The van der Waals surface area contributed by atoms with Crippen molar-refractivity contribution in [3.05, 3.63) is 24.3 Å². The molecule has 0 aromatic carbocycles. The highest BCUT2D eigenvalue weighted by atomic mass is 16.5. The van der Waals surface area contributed by atoms with Gasteiger partial charge in [0.25, 0.3) is 5.91 Å². The molecular weight excluding hydrogens is 346 g/mol. The summed E-state index contributed by atoms with van der Waals surface area (Å²) in [6.07, 6.45) is 6.97. The zero-order chi connectivity index (χ0) is 19.2. The highest BCUT2D eigenvalue weighted by Crippen LogP contribution is 2.27. The van der Waals surface area contributed by atoms with E-state index in [4.69, 9.17) is 4.74 Å². The van der Waals surface area contributed by atoms with Crippen molar-refractivity contribution < 1.29 is 14.3 Å². The second-order valence-corrected chi connectivity index (χ2v) is 7.06. The van der Waals surface area contributed by atoms with Gasteiger partial charge < -0.3 is 15.0 Å². The first-order chi connectivity index (χ1) is 13.1. The van der Waals surface area contributed by atoms with Crippen LogP contribution in [0.2, 0.25) is 0 Å². The van der Waals surface area contributed by atoms with Gasteiger partial charge in [-0.1, -0.05) is 0 Å². The lowest BCUT2D eigenvalue weighted by molar-refractivity contribution is -0.137. The van der Waals surface area contributed by atoms with Gasteiger partial charge in [-0.2, -0.15) is 0 Å². The summed E-state index contributed by atoms with van der Waals surface area (Å²) in [7, 11) is 0. The largest absolute Gasteiger partial charge is 0.381 e. The third kappa shape index (κ3) is 4.62. The molecule has 0 aliphatic carbocycles. The maximum atomic E-state index is 13.1. The molecule has 1 aromatic heterocycles. The molecule has 1 N–H and O–H groups in total. The van der Waals surface area contributed by atoms with E-state index in [1.54, 1.807) is 0 Å². The average molecular weight is 375 g/mol. The number of likely N-dealkylation sites (tertiary alicyclic amines) is 1. The number of nitrogens with zero attached hydrogens (tertiary/aromatic N) is 4. The molecule has 0 unspecified atom stereocenters. The smallest absolute Gasteiger partial charge is 0.271 e. The van der Waals surface area contributed by atoms with Crippen molar-refractivity contribution in [3.63, 3.8) is 0 Å². The minimum atomic E-state index is -0.240. The summed E-state index contributed by atoms with van der Waals surface area (Å²) in [5, 5.41) is 3.04. The van der Waals surface area contributed by atoms with Crippen molar-refractivity contribution in [1.82, 2.24) is 25.1 Å². The molecule has 0 saturated carbocycles. The Bertz CT molecular complexity index is 631. The van der Waals surface area contributed by atoms with Gasteiger partial charge in [-0.25, -0.2) is 4.98 Å². The van der Waals surface area contributed by atoms with Crippen LogP contribution in [0.3, 0.4) is 0 Å². The number of ether oxygens (including phenoxy) is 1. The van der Waals surface area contributed by atoms with Crippen LogP contribution in [0.25, 0.3) is 0 Å². The number of nitrogens with one attached hydrogen (secondary N) is 1. The van der Waals surface area contributed by atoms with Gasteiger partial charge in [0.2, 0.25) is 5.91 Å². The highest BCUT2D eigenvalue weighted by molar-refractivity contribution is 5.92. The number of carbonyl (C=O) groups excluding carboxylic acids is 2. The number of rotatable bonds is 6. The minimum absolute atomic E-state index is 0.0770. The van der Waals surface area contributed by atoms with Gasteiger partial charge in [-0.05, 0) is 33.1 Å². The van der Waals surface area contributed by atoms with E-state index in [0.29, 0.717) is 37.8 Å². The molecule has 3 heterocycles. The molecule has 3 rings (SSSR count). The highest BCUT2D eigenvalue weighted by Gasteiger charge is 2.42. The van der Waals surface area contributed by atoms with E-state index < -0.39 is 0 Å². The molecule has 148 valence electrons. The molecule has 1 aromatic rings. The van der Waals surface area contributed by atoms with Crippen LogP contribution in [-0.4, -0.2) is 82.6 Å². The predicted octanol–water partition coefficient (Wildman–Crippen LogP) is 0.697. The summed E-state index contributed by atoms with van der Waals surface area (Å²) in [4.78, 5) is 37.7. The zero-order valence-corrected chi connectivity index (χ0v) is 16.1. The number of carbonyl (C=O) groups is 2. The number of amides is 2. The van der Waals surface area contributed by atoms with Crippen LogP contribution in [0.15, 0.2) is 18.6 Å². The maximum Gasteiger partial charge on any atom is 0.271 e. The first kappa shape index (κ1) is 19.7. The van der Waals surface area contributed by atoms with Crippen molar-refractivity contribution in [2.45, 2.75) is 51.2 Å². The Morgan fingerprint density at radius 2 is 2.00 bits per heavy atom. The third-order valence-electron chi connectivity index (χ3n) is 5.49. The van der Waals surface area contributed by atoms with E-state index in [9.17, 15) is 9.59 Å². The molecule has 0 spiro atoms. The second kappa shape index (κ2) is 9.23. The van der Waals surface area contributed by atoms with E-state index in [-0.39, 0.29) is 23.9 Å². The van der Waals surface area contributed by atoms with Crippen LogP contribution < -0.4 is 5.32 Å². The van der Waals surface area contributed by atoms with E-state index in [1.807, 2.05) is 18.7 Å². The first-order valence-corrected chi connectivity index (χ1v) is 9.83. The standard InChI is InChI=1S/C19H29N5O3/c1-3-23(4-2)19(26)17-11-14(13-24(17)15-5-9-27-10-6-15)22-18(25)16-12-20-7-8-21-16/h7-8,12,14-15,17H,3-6,9-11,13H2,1-2H3,(H,22,25)/t14-,17-/m0/s1. The van der Waals surface area contributed by atoms with Gasteiger partial charge in [0.1, 0.15) is 5.69 Å². The van der Waals surface area contributed by atoms with Crippen molar-refractivity contribution >= 4 is 11.8 Å². The summed E-state index contributed by atoms with van der Waals surface area (Å²) in [5.74, 6) is -0.0845. The van der Waals surface area contributed by atoms with Gasteiger partial charge >= 0.3 is 0 Å². The molecule has 8 heteroatoms. The Kier molecular flexibility index (Phi) is 6.73. The lowest BCUT2D eigenvalue weighted by atomic mass is 10.1. The average Bonchev–Trinajstić information content (AvgIpc) is 3.14. The van der Waals surface area contributed by atoms with Crippen molar-refractivity contribution in [1.29, 1.82) is 0 Å². The summed E-state index contributed by atoms with van der Waals surface area (Å²) >= 11 is 0. The SMILES string of the molecule is CCN(CC)C(=O)[C@@H]1C[C@H](NC(=O)c2cnccn2)CN1C1CCOCC1. The lowest BCUT2D eigenvalue weighted by Crippen LogP contribution is -2.50. The Morgan fingerprint density at radius 3 is 2.63 bits per heavy atom. The number of aromatic nitrogens is 2. The Balaban J connectivity index is 1.72. The Morgan fingerprint density at radius 1 is 1.26 bits per heavy atom. The van der Waals surface area contributed by atoms with Crippen molar-refractivity contribution in [2.24, 2.45) is 0 Å². The summed E-state index contributed by atoms with van der Waals surface area (Å²) < 4.78 is 5.49. The van der Waals surface area contributed by atoms with Gasteiger partial charge in [0.05, 0.1) is 12.2 Å². The van der Waals surface area contributed by atoms with Crippen LogP contribution in [0.4, 0.5) is 0 Å². The van der Waals surface area contributed by atoms with Gasteiger partial charge in [-0.3, -0.25) is 19.5 Å².